The molecule has 0 aliphatic rings. The van der Waals surface area contributed by atoms with Gasteiger partial charge in [-0.25, -0.2) is 22.8 Å². The third-order valence-corrected chi connectivity index (χ3v) is 5.38. The lowest BCUT2D eigenvalue weighted by Gasteiger charge is -2.13. The number of unbranched alkanes of at least 4 members (excludes halogenated alkanes) is 1. The van der Waals surface area contributed by atoms with Gasteiger partial charge in [-0.15, -0.1) is 0 Å². The van der Waals surface area contributed by atoms with Crippen molar-refractivity contribution in [2.24, 2.45) is 0 Å². The van der Waals surface area contributed by atoms with Crippen molar-refractivity contribution in [1.29, 1.82) is 0 Å². The van der Waals surface area contributed by atoms with Crippen LogP contribution in [0.25, 0.3) is 0 Å². The van der Waals surface area contributed by atoms with Crippen molar-refractivity contribution >= 4 is 41.0 Å². The average Bonchev–Trinajstić information content (AvgIpc) is 3.06. The predicted molar refractivity (Wildman–Crippen MR) is 95.1 cm³/mol. The van der Waals surface area contributed by atoms with E-state index in [0.29, 0.717) is 12.8 Å². The molecule has 0 aliphatic heterocycles. The number of hydrogen-bond donors (Lipinski definition) is 1. The molecule has 1 aromatic rings. The predicted octanol–water partition coefficient (Wildman–Crippen LogP) is -2.70. The molecule has 0 fully saturated rings. The number of aromatic nitrogens is 2. The number of nitrogens with zero attached hydrogens (tertiary/aromatic N) is 2. The first kappa shape index (κ1) is 24.9. The highest BCUT2D eigenvalue weighted by molar-refractivity contribution is 7.91. The molecule has 1 N–H and O–H groups in total. The van der Waals surface area contributed by atoms with Crippen LogP contribution in [0.1, 0.15) is 26.7 Å². The molecule has 0 unspecified atom stereocenters. The highest BCUT2D eigenvalue weighted by Crippen LogP contribution is 2.09. The van der Waals surface area contributed by atoms with Crippen molar-refractivity contribution < 1.29 is 56.3 Å². The van der Waals surface area contributed by atoms with Gasteiger partial charge in [-0.1, -0.05) is 13.3 Å². The maximum absolute atomic E-state index is 12.1. The molecule has 0 saturated heterocycles. The Morgan fingerprint density at radius 2 is 1.80 bits per heavy atom. The minimum atomic E-state index is -3.37. The monoisotopic (exact) mass is 448 g/mol. The summed E-state index contributed by atoms with van der Waals surface area (Å²) in [7, 11) is -5.74. The number of carbonyl (C=O) groups is 4. The van der Waals surface area contributed by atoms with Crippen LogP contribution in [-0.2, 0) is 51.4 Å². The van der Waals surface area contributed by atoms with Crippen LogP contribution < -0.4 is 14.3 Å². The van der Waals surface area contributed by atoms with Crippen LogP contribution in [0.2, 0.25) is 0 Å². The number of carbonyl (C=O) groups excluding carboxylic acids is 3. The molecule has 1 heterocycles. The summed E-state index contributed by atoms with van der Waals surface area (Å²) >= 11 is 0. The molecule has 30 heavy (non-hydrogen) atoms. The fourth-order valence-corrected chi connectivity index (χ4v) is 3.54. The number of aliphatic carboxylic acids is 2. The molecule has 15 heteroatoms. The molecule has 0 spiro atoms. The number of imidazole rings is 1. The standard InChI is InChI=1S/C15H21BN2O11S/c1-3-5-9-30(25,26)10-8-18-7-6-17(4-2)15(18)29-16(27-13(23)11(19)20)28-14(24)12(21)22/h6-7H,3-5,8-10H2,1-2H3,(H-,19,20,21,22). The van der Waals surface area contributed by atoms with Gasteiger partial charge in [0.05, 0.1) is 18.1 Å². The molecule has 0 bridgehead atoms. The van der Waals surface area contributed by atoms with E-state index in [-0.39, 0.29) is 30.6 Å². The number of aryl methyl sites for hydroxylation is 2. The second kappa shape index (κ2) is 11.2. The van der Waals surface area contributed by atoms with E-state index in [9.17, 15) is 32.7 Å². The topological polar surface area (TPSA) is 182 Å². The summed E-state index contributed by atoms with van der Waals surface area (Å²) in [5, 5.41) is 19.2. The van der Waals surface area contributed by atoms with Crippen molar-refractivity contribution in [1.82, 2.24) is 4.57 Å². The Hall–Kier alpha value is -3.10. The lowest BCUT2D eigenvalue weighted by Crippen LogP contribution is -2.46. The van der Waals surface area contributed by atoms with Crippen LogP contribution in [-0.4, -0.2) is 60.8 Å². The van der Waals surface area contributed by atoms with E-state index in [1.54, 1.807) is 6.92 Å². The number of sulfone groups is 1. The normalized spacial score (nSPS) is 10.9. The smallest absolute Gasteiger partial charge is 0.539 e. The molecule has 0 aromatic carbocycles. The Kier molecular flexibility index (Phi) is 9.30. The molecule has 1 rings (SSSR count). The fraction of sp³-hybridized carbons (Fsp3) is 0.533. The van der Waals surface area contributed by atoms with Gasteiger partial charge in [-0.2, -0.15) is 9.13 Å². The zero-order valence-corrected chi connectivity index (χ0v) is 17.1. The highest BCUT2D eigenvalue weighted by Gasteiger charge is 2.41. The van der Waals surface area contributed by atoms with E-state index in [2.05, 4.69) is 9.31 Å². The first-order valence-electron chi connectivity index (χ1n) is 8.82. The van der Waals surface area contributed by atoms with Crippen LogP contribution >= 0.6 is 0 Å². The lowest BCUT2D eigenvalue weighted by molar-refractivity contribution is -0.695. The quantitative estimate of drug-likeness (QED) is 0.211. The van der Waals surface area contributed by atoms with E-state index in [0.717, 1.165) is 0 Å². The summed E-state index contributed by atoms with van der Waals surface area (Å²) in [5.41, 5.74) is 0. The van der Waals surface area contributed by atoms with Crippen molar-refractivity contribution in [3.05, 3.63) is 12.4 Å². The van der Waals surface area contributed by atoms with E-state index in [1.807, 2.05) is 6.92 Å². The van der Waals surface area contributed by atoms with Crippen molar-refractivity contribution in [3.63, 3.8) is 0 Å². The molecular weight excluding hydrogens is 427 g/mol. The first-order chi connectivity index (χ1) is 14.0. The van der Waals surface area contributed by atoms with Crippen LogP contribution in [0, 0.1) is 0 Å². The maximum atomic E-state index is 12.1. The average molecular weight is 448 g/mol. The van der Waals surface area contributed by atoms with Gasteiger partial charge in [-0.3, -0.25) is 0 Å². The third kappa shape index (κ3) is 7.73. The fourth-order valence-electron chi connectivity index (χ4n) is 2.13. The zero-order chi connectivity index (χ0) is 22.9. The van der Waals surface area contributed by atoms with E-state index < -0.39 is 41.0 Å². The second-order valence-corrected chi connectivity index (χ2v) is 8.18. The van der Waals surface area contributed by atoms with Gasteiger partial charge in [0.1, 0.15) is 18.9 Å². The molecule has 166 valence electrons. The van der Waals surface area contributed by atoms with Gasteiger partial charge in [0.2, 0.25) is 0 Å². The maximum Gasteiger partial charge on any atom is 0.873 e. The molecule has 13 nitrogen and oxygen atoms in total. The molecule has 1 aromatic heterocycles. The summed E-state index contributed by atoms with van der Waals surface area (Å²) in [6.45, 7) is 3.73. The van der Waals surface area contributed by atoms with Gasteiger partial charge in [0.15, 0.2) is 15.8 Å². The van der Waals surface area contributed by atoms with Crippen molar-refractivity contribution in [2.45, 2.75) is 39.8 Å². The highest BCUT2D eigenvalue weighted by atomic mass is 32.2. The minimum absolute atomic E-state index is 0.00316. The van der Waals surface area contributed by atoms with E-state index in [4.69, 9.17) is 9.76 Å². The Bertz CT molecular complexity index is 868. The number of carboxylic acids is 2. The van der Waals surface area contributed by atoms with E-state index >= 15 is 0 Å². The first-order valence-corrected chi connectivity index (χ1v) is 10.6. The van der Waals surface area contributed by atoms with Crippen LogP contribution in [0.5, 0.6) is 6.01 Å². The van der Waals surface area contributed by atoms with Crippen molar-refractivity contribution in [2.75, 3.05) is 11.5 Å². The van der Waals surface area contributed by atoms with Crippen molar-refractivity contribution in [3.8, 4) is 6.01 Å². The molecule has 0 aliphatic carbocycles. The molecule has 0 atom stereocenters. The Balaban J connectivity index is 3.08. The summed E-state index contributed by atoms with van der Waals surface area (Å²) in [4.78, 5) is 43.8. The minimum Gasteiger partial charge on any atom is -0.539 e. The summed E-state index contributed by atoms with van der Waals surface area (Å²) in [5.74, 6) is -8.43. The zero-order valence-electron chi connectivity index (χ0n) is 16.3. The molecular formula is C15H21BN2O11S. The van der Waals surface area contributed by atoms with Crippen LogP contribution in [0.3, 0.4) is 0 Å². The summed E-state index contributed by atoms with van der Waals surface area (Å²) in [6.07, 6.45) is 4.11. The third-order valence-electron chi connectivity index (χ3n) is 3.66. The number of carboxylic acid groups (broad SMARTS) is 2. The molecule has 0 amide bonds. The summed E-state index contributed by atoms with van der Waals surface area (Å²) in [6, 6.07) is -0.169. The Labute approximate surface area is 172 Å². The van der Waals surface area contributed by atoms with Gasteiger partial charge in [0, 0.05) is 0 Å². The number of hydrogen-bond acceptors (Lipinski definition) is 10. The van der Waals surface area contributed by atoms with Crippen LogP contribution in [0.15, 0.2) is 12.4 Å². The number of rotatable bonds is 11. The Morgan fingerprint density at radius 3 is 2.33 bits per heavy atom. The second-order valence-electron chi connectivity index (χ2n) is 5.88. The molecule has 0 radical (unpaired) electrons. The van der Waals surface area contributed by atoms with Gasteiger partial charge in [0.25, 0.3) is 0 Å². The Morgan fingerprint density at radius 1 is 1.17 bits per heavy atom. The SMILES string of the molecule is CCCCS(=O)(=O)CC[n+]1ccn(CC)c1OB(OC(=O)C(=O)[O-])OC(=O)C(=O)O. The van der Waals surface area contributed by atoms with Crippen LogP contribution in [0.4, 0.5) is 0 Å². The van der Waals surface area contributed by atoms with Gasteiger partial charge >= 0.3 is 31.2 Å². The summed E-state index contributed by atoms with van der Waals surface area (Å²) < 4.78 is 40.6. The van der Waals surface area contributed by atoms with Gasteiger partial charge < -0.3 is 29.0 Å². The van der Waals surface area contributed by atoms with Gasteiger partial charge in [-0.05, 0) is 13.3 Å². The lowest BCUT2D eigenvalue weighted by atomic mass is 10.2. The molecule has 0 saturated carbocycles. The van der Waals surface area contributed by atoms with E-state index in [1.165, 1.54) is 21.5 Å². The largest absolute Gasteiger partial charge is 0.873 e.